The average molecular weight is 230 g/mol. The van der Waals surface area contributed by atoms with Crippen LogP contribution in [0.4, 0.5) is 0 Å². The maximum absolute atomic E-state index is 10.9. The molecule has 0 amide bonds. The van der Waals surface area contributed by atoms with E-state index in [0.29, 0.717) is 11.7 Å². The molecule has 0 radical (unpaired) electrons. The lowest BCUT2D eigenvalue weighted by atomic mass is 10.0. The summed E-state index contributed by atoms with van der Waals surface area (Å²) < 4.78 is 21.8. The van der Waals surface area contributed by atoms with Crippen molar-refractivity contribution in [3.63, 3.8) is 0 Å². The van der Waals surface area contributed by atoms with E-state index >= 15 is 0 Å². The number of sulfonamides is 1. The van der Waals surface area contributed by atoms with Crippen LogP contribution < -0.4 is 5.14 Å². The number of hydrogen-bond donors (Lipinski definition) is 2. The summed E-state index contributed by atoms with van der Waals surface area (Å²) in [6.07, 6.45) is 5.64. The first-order valence-electron chi connectivity index (χ1n) is 5.00. The van der Waals surface area contributed by atoms with Crippen LogP contribution in [0.25, 0.3) is 0 Å². The molecule has 1 aromatic heterocycles. The number of rotatable bonds is 3. The van der Waals surface area contributed by atoms with Gasteiger partial charge < -0.3 is 0 Å². The van der Waals surface area contributed by atoms with Gasteiger partial charge in [0.2, 0.25) is 0 Å². The third kappa shape index (κ3) is 2.54. The molecule has 1 aromatic rings. The largest absolute Gasteiger partial charge is 0.282 e. The second kappa shape index (κ2) is 3.90. The molecule has 0 saturated heterocycles. The summed E-state index contributed by atoms with van der Waals surface area (Å²) in [6, 6.07) is 0. The highest BCUT2D eigenvalue weighted by molar-refractivity contribution is 7.89. The van der Waals surface area contributed by atoms with Gasteiger partial charge in [-0.3, -0.25) is 5.10 Å². The molecule has 3 N–H and O–H groups in total. The predicted molar refractivity (Wildman–Crippen MR) is 53.4 cm³/mol. The number of nitrogens with two attached hydrogens (primary N) is 1. The molecule has 0 aliphatic heterocycles. The zero-order valence-corrected chi connectivity index (χ0v) is 9.13. The van der Waals surface area contributed by atoms with Crippen LogP contribution in [-0.2, 0) is 16.4 Å². The van der Waals surface area contributed by atoms with Crippen LogP contribution in [0.1, 0.15) is 31.5 Å². The summed E-state index contributed by atoms with van der Waals surface area (Å²) in [5.74, 6) is 1.22. The number of hydrogen-bond acceptors (Lipinski definition) is 4. The minimum Gasteiger partial charge on any atom is -0.262 e. The van der Waals surface area contributed by atoms with E-state index < -0.39 is 10.0 Å². The maximum atomic E-state index is 10.9. The third-order valence-electron chi connectivity index (χ3n) is 2.72. The molecule has 0 aromatic carbocycles. The minimum atomic E-state index is -3.77. The Morgan fingerprint density at radius 2 is 2.07 bits per heavy atom. The lowest BCUT2D eigenvalue weighted by Crippen LogP contribution is -2.14. The Morgan fingerprint density at radius 1 is 1.40 bits per heavy atom. The first-order valence-corrected chi connectivity index (χ1v) is 6.54. The molecule has 1 saturated carbocycles. The molecule has 1 aliphatic carbocycles. The van der Waals surface area contributed by atoms with Crippen LogP contribution >= 0.6 is 0 Å². The van der Waals surface area contributed by atoms with Crippen molar-refractivity contribution < 1.29 is 8.42 Å². The van der Waals surface area contributed by atoms with Gasteiger partial charge in [0.15, 0.2) is 0 Å². The first kappa shape index (κ1) is 10.6. The van der Waals surface area contributed by atoms with E-state index in [9.17, 15) is 8.42 Å². The average Bonchev–Trinajstić information content (AvgIpc) is 2.73. The van der Waals surface area contributed by atoms with E-state index in [1.807, 2.05) is 0 Å². The molecule has 0 unspecified atom stereocenters. The molecule has 6 nitrogen and oxygen atoms in total. The fraction of sp³-hybridized carbons (Fsp3) is 0.750. The second-order valence-electron chi connectivity index (χ2n) is 3.96. The summed E-state index contributed by atoms with van der Waals surface area (Å²) >= 11 is 0. The van der Waals surface area contributed by atoms with Gasteiger partial charge in [0.25, 0.3) is 15.2 Å². The Bertz CT molecular complexity index is 433. The highest BCUT2D eigenvalue weighted by Crippen LogP contribution is 2.27. The molecule has 1 fully saturated rings. The molecular formula is C8H14N4O2S. The monoisotopic (exact) mass is 230 g/mol. The van der Waals surface area contributed by atoms with Crippen molar-refractivity contribution in [1.82, 2.24) is 15.2 Å². The molecular weight excluding hydrogens is 216 g/mol. The SMILES string of the molecule is NS(=O)(=O)c1n[nH]c(CC2CCCC2)n1. The van der Waals surface area contributed by atoms with Crippen LogP contribution in [0.3, 0.4) is 0 Å². The van der Waals surface area contributed by atoms with Crippen LogP contribution in [0.2, 0.25) is 0 Å². The normalized spacial score (nSPS) is 18.5. The van der Waals surface area contributed by atoms with Crippen molar-refractivity contribution >= 4 is 10.0 Å². The molecule has 0 bridgehead atoms. The molecule has 0 atom stereocenters. The van der Waals surface area contributed by atoms with E-state index in [4.69, 9.17) is 5.14 Å². The lowest BCUT2D eigenvalue weighted by Gasteiger charge is -2.03. The smallest absolute Gasteiger partial charge is 0.262 e. The molecule has 84 valence electrons. The minimum absolute atomic E-state index is 0.310. The van der Waals surface area contributed by atoms with Gasteiger partial charge in [-0.2, -0.15) is 0 Å². The quantitative estimate of drug-likeness (QED) is 0.773. The lowest BCUT2D eigenvalue weighted by molar-refractivity contribution is 0.530. The van der Waals surface area contributed by atoms with Gasteiger partial charge in [0, 0.05) is 6.42 Å². The van der Waals surface area contributed by atoms with Crippen molar-refractivity contribution in [2.24, 2.45) is 11.1 Å². The van der Waals surface area contributed by atoms with E-state index in [0.717, 1.165) is 6.42 Å². The number of nitrogens with zero attached hydrogens (tertiary/aromatic N) is 2. The summed E-state index contributed by atoms with van der Waals surface area (Å²) in [5.41, 5.74) is 0. The van der Waals surface area contributed by atoms with Crippen LogP contribution in [0, 0.1) is 5.92 Å². The topological polar surface area (TPSA) is 102 Å². The predicted octanol–water partition coefficient (Wildman–Crippen LogP) is 0.185. The van der Waals surface area contributed by atoms with Gasteiger partial charge in [-0.15, -0.1) is 5.10 Å². The van der Waals surface area contributed by atoms with Crippen LogP contribution in [0.5, 0.6) is 0 Å². The summed E-state index contributed by atoms with van der Waals surface area (Å²) in [5, 5.41) is 10.8. The molecule has 1 aliphatic rings. The number of H-pyrrole nitrogens is 1. The van der Waals surface area contributed by atoms with E-state index in [1.165, 1.54) is 25.7 Å². The van der Waals surface area contributed by atoms with Gasteiger partial charge >= 0.3 is 0 Å². The molecule has 2 rings (SSSR count). The molecule has 15 heavy (non-hydrogen) atoms. The summed E-state index contributed by atoms with van der Waals surface area (Å²) in [7, 11) is -3.77. The fourth-order valence-corrected chi connectivity index (χ4v) is 2.39. The van der Waals surface area contributed by atoms with Crippen molar-refractivity contribution in [2.45, 2.75) is 37.3 Å². The van der Waals surface area contributed by atoms with Gasteiger partial charge in [0.05, 0.1) is 0 Å². The Kier molecular flexibility index (Phi) is 2.74. The number of aromatic nitrogens is 3. The fourth-order valence-electron chi connectivity index (χ4n) is 1.98. The van der Waals surface area contributed by atoms with Gasteiger partial charge in [-0.05, 0) is 5.92 Å². The Morgan fingerprint density at radius 3 is 2.60 bits per heavy atom. The number of nitrogens with one attached hydrogen (secondary N) is 1. The maximum Gasteiger partial charge on any atom is 0.282 e. The number of aromatic amines is 1. The van der Waals surface area contributed by atoms with Gasteiger partial charge in [-0.25, -0.2) is 18.5 Å². The Labute approximate surface area is 88.3 Å². The zero-order valence-electron chi connectivity index (χ0n) is 8.31. The number of primary sulfonamides is 1. The van der Waals surface area contributed by atoms with E-state index in [1.54, 1.807) is 0 Å². The summed E-state index contributed by atoms with van der Waals surface area (Å²) in [6.45, 7) is 0. The van der Waals surface area contributed by atoms with E-state index in [2.05, 4.69) is 15.2 Å². The Balaban J connectivity index is 2.07. The van der Waals surface area contributed by atoms with Crippen molar-refractivity contribution in [1.29, 1.82) is 0 Å². The molecule has 1 heterocycles. The third-order valence-corrected chi connectivity index (χ3v) is 3.41. The first-order chi connectivity index (χ1) is 7.05. The van der Waals surface area contributed by atoms with Crippen LogP contribution in [0.15, 0.2) is 5.16 Å². The van der Waals surface area contributed by atoms with Crippen molar-refractivity contribution in [3.05, 3.63) is 5.82 Å². The van der Waals surface area contributed by atoms with E-state index in [-0.39, 0.29) is 5.16 Å². The van der Waals surface area contributed by atoms with Crippen molar-refractivity contribution in [2.75, 3.05) is 0 Å². The van der Waals surface area contributed by atoms with Gasteiger partial charge in [0.1, 0.15) is 5.82 Å². The summed E-state index contributed by atoms with van der Waals surface area (Å²) in [4.78, 5) is 3.87. The zero-order chi connectivity index (χ0) is 10.9. The standard InChI is InChI=1S/C8H14N4O2S/c9-15(13,14)8-10-7(11-12-8)5-6-3-1-2-4-6/h6H,1-5H2,(H2,9,13,14)(H,10,11,12). The molecule has 0 spiro atoms. The second-order valence-corrected chi connectivity index (χ2v) is 5.42. The van der Waals surface area contributed by atoms with Crippen molar-refractivity contribution in [3.8, 4) is 0 Å². The highest BCUT2D eigenvalue weighted by Gasteiger charge is 2.19. The van der Waals surface area contributed by atoms with Gasteiger partial charge in [-0.1, -0.05) is 25.7 Å². The molecule has 7 heteroatoms. The van der Waals surface area contributed by atoms with Crippen LogP contribution in [-0.4, -0.2) is 23.6 Å². The Hall–Kier alpha value is -0.950. The highest BCUT2D eigenvalue weighted by atomic mass is 32.2.